The van der Waals surface area contributed by atoms with Gasteiger partial charge in [0.1, 0.15) is 0 Å². The lowest BCUT2D eigenvalue weighted by Gasteiger charge is -2.42. The Hall–Kier alpha value is -0.570. The Morgan fingerprint density at radius 2 is 1.88 bits per heavy atom. The first kappa shape index (κ1) is 11.5. The summed E-state index contributed by atoms with van der Waals surface area (Å²) < 4.78 is 5.49. The molecule has 0 aromatic carbocycles. The molecule has 2 saturated carbocycles. The molecule has 17 heavy (non-hydrogen) atoms. The molecule has 3 aliphatic rings. The van der Waals surface area contributed by atoms with Crippen LogP contribution in [-0.4, -0.2) is 36.1 Å². The maximum absolute atomic E-state index is 12.6. The van der Waals surface area contributed by atoms with Gasteiger partial charge in [-0.1, -0.05) is 12.8 Å². The summed E-state index contributed by atoms with van der Waals surface area (Å²) in [7, 11) is 0. The highest BCUT2D eigenvalue weighted by Crippen LogP contribution is 2.56. The van der Waals surface area contributed by atoms with Gasteiger partial charge in [-0.15, -0.1) is 0 Å². The number of rotatable bonds is 1. The molecule has 0 aromatic heterocycles. The second-order valence-corrected chi connectivity index (χ2v) is 6.49. The van der Waals surface area contributed by atoms with Gasteiger partial charge in [0.15, 0.2) is 0 Å². The highest BCUT2D eigenvalue weighted by atomic mass is 16.5. The zero-order valence-corrected chi connectivity index (χ0v) is 10.9. The predicted molar refractivity (Wildman–Crippen MR) is 65.5 cm³/mol. The van der Waals surface area contributed by atoms with Crippen LogP contribution in [0.25, 0.3) is 0 Å². The van der Waals surface area contributed by atoms with Crippen LogP contribution in [0.2, 0.25) is 0 Å². The van der Waals surface area contributed by atoms with Crippen LogP contribution in [0, 0.1) is 17.8 Å². The molecule has 1 amide bonds. The maximum atomic E-state index is 12.6. The fourth-order valence-electron chi connectivity index (χ4n) is 3.81. The van der Waals surface area contributed by atoms with Crippen LogP contribution in [0.4, 0.5) is 0 Å². The van der Waals surface area contributed by atoms with Gasteiger partial charge in [0.25, 0.3) is 0 Å². The van der Waals surface area contributed by atoms with Gasteiger partial charge >= 0.3 is 0 Å². The zero-order valence-electron chi connectivity index (χ0n) is 10.9. The second-order valence-electron chi connectivity index (χ2n) is 6.49. The molecule has 0 N–H and O–H groups in total. The summed E-state index contributed by atoms with van der Waals surface area (Å²) in [5.74, 6) is 2.20. The van der Waals surface area contributed by atoms with Gasteiger partial charge in [0.2, 0.25) is 5.91 Å². The molecule has 2 aliphatic carbocycles. The molecule has 3 fully saturated rings. The largest absolute Gasteiger partial charge is 0.377 e. The average molecular weight is 237 g/mol. The molecule has 1 aliphatic heterocycles. The summed E-state index contributed by atoms with van der Waals surface area (Å²) in [5, 5.41) is 0. The molecule has 96 valence electrons. The van der Waals surface area contributed by atoms with Crippen molar-refractivity contribution in [1.29, 1.82) is 0 Å². The SMILES string of the molecule is CC1(C)COCCN1C(=O)C1[C@@H]2CCCC[C@@H]12. The van der Waals surface area contributed by atoms with Crippen molar-refractivity contribution in [3.8, 4) is 0 Å². The van der Waals surface area contributed by atoms with Crippen molar-refractivity contribution in [3.63, 3.8) is 0 Å². The smallest absolute Gasteiger partial charge is 0.226 e. The molecule has 3 nitrogen and oxygen atoms in total. The topological polar surface area (TPSA) is 29.5 Å². The minimum Gasteiger partial charge on any atom is -0.377 e. The van der Waals surface area contributed by atoms with Crippen LogP contribution in [-0.2, 0) is 9.53 Å². The van der Waals surface area contributed by atoms with Gasteiger partial charge in [0, 0.05) is 12.5 Å². The number of amides is 1. The van der Waals surface area contributed by atoms with Crippen LogP contribution in [0.5, 0.6) is 0 Å². The summed E-state index contributed by atoms with van der Waals surface area (Å²) in [6.07, 6.45) is 5.23. The minimum atomic E-state index is -0.110. The molecule has 0 radical (unpaired) electrons. The number of nitrogens with zero attached hydrogens (tertiary/aromatic N) is 1. The van der Waals surface area contributed by atoms with E-state index in [1.165, 1.54) is 25.7 Å². The van der Waals surface area contributed by atoms with Gasteiger partial charge in [-0.05, 0) is 38.5 Å². The van der Waals surface area contributed by atoms with E-state index in [9.17, 15) is 4.79 Å². The molecule has 0 bridgehead atoms. The molecule has 1 heterocycles. The van der Waals surface area contributed by atoms with Crippen LogP contribution in [0.1, 0.15) is 39.5 Å². The number of fused-ring (bicyclic) bond motifs is 1. The van der Waals surface area contributed by atoms with Gasteiger partial charge in [-0.25, -0.2) is 0 Å². The lowest BCUT2D eigenvalue weighted by atomic mass is 10.0. The predicted octanol–water partition coefficient (Wildman–Crippen LogP) is 2.06. The summed E-state index contributed by atoms with van der Waals surface area (Å²) in [6.45, 7) is 6.41. The first-order valence-electron chi connectivity index (χ1n) is 7.00. The number of carbonyl (C=O) groups excluding carboxylic acids is 1. The van der Waals surface area contributed by atoms with Gasteiger partial charge in [-0.2, -0.15) is 0 Å². The number of hydrogen-bond donors (Lipinski definition) is 0. The van der Waals surface area contributed by atoms with Gasteiger partial charge in [-0.3, -0.25) is 4.79 Å². The van der Waals surface area contributed by atoms with E-state index in [2.05, 4.69) is 18.7 Å². The van der Waals surface area contributed by atoms with E-state index in [-0.39, 0.29) is 5.54 Å². The highest BCUT2D eigenvalue weighted by Gasteiger charge is 2.57. The Labute approximate surface area is 104 Å². The van der Waals surface area contributed by atoms with E-state index in [0.29, 0.717) is 25.0 Å². The van der Waals surface area contributed by atoms with Crippen molar-refractivity contribution in [1.82, 2.24) is 4.90 Å². The monoisotopic (exact) mass is 237 g/mol. The third kappa shape index (κ3) is 1.88. The van der Waals surface area contributed by atoms with E-state index in [1.807, 2.05) is 0 Å². The molecule has 0 unspecified atom stereocenters. The third-order valence-electron chi connectivity index (χ3n) is 4.85. The van der Waals surface area contributed by atoms with Crippen molar-refractivity contribution in [2.75, 3.05) is 19.8 Å². The first-order chi connectivity index (χ1) is 8.11. The summed E-state index contributed by atoms with van der Waals surface area (Å²) >= 11 is 0. The quantitative estimate of drug-likeness (QED) is 0.698. The lowest BCUT2D eigenvalue weighted by molar-refractivity contribution is -0.148. The molecular formula is C14H23NO2. The Bertz CT molecular complexity index is 314. The number of hydrogen-bond acceptors (Lipinski definition) is 2. The number of morpholine rings is 1. The Kier molecular flexibility index (Phi) is 2.69. The Morgan fingerprint density at radius 1 is 1.24 bits per heavy atom. The second kappa shape index (κ2) is 3.98. The normalized spacial score (nSPS) is 39.6. The molecule has 0 spiro atoms. The molecular weight excluding hydrogens is 214 g/mol. The van der Waals surface area contributed by atoms with E-state index in [1.54, 1.807) is 0 Å². The minimum absolute atomic E-state index is 0.110. The molecule has 3 heteroatoms. The Balaban J connectivity index is 1.70. The fraction of sp³-hybridized carbons (Fsp3) is 0.929. The maximum Gasteiger partial charge on any atom is 0.226 e. The Morgan fingerprint density at radius 3 is 2.47 bits per heavy atom. The first-order valence-corrected chi connectivity index (χ1v) is 7.00. The number of ether oxygens (including phenoxy) is 1. The van der Waals surface area contributed by atoms with Gasteiger partial charge < -0.3 is 9.64 Å². The third-order valence-corrected chi connectivity index (χ3v) is 4.85. The summed E-state index contributed by atoms with van der Waals surface area (Å²) in [5.41, 5.74) is -0.110. The van der Waals surface area contributed by atoms with E-state index in [4.69, 9.17) is 4.74 Å². The zero-order chi connectivity index (χ0) is 12.0. The molecule has 2 atom stereocenters. The number of carbonyl (C=O) groups is 1. The van der Waals surface area contributed by atoms with E-state index in [0.717, 1.165) is 18.4 Å². The van der Waals surface area contributed by atoms with Crippen molar-refractivity contribution < 1.29 is 9.53 Å². The molecule has 3 rings (SSSR count). The van der Waals surface area contributed by atoms with Crippen LogP contribution in [0.15, 0.2) is 0 Å². The van der Waals surface area contributed by atoms with Gasteiger partial charge in [0.05, 0.1) is 18.8 Å². The van der Waals surface area contributed by atoms with Crippen LogP contribution >= 0.6 is 0 Å². The fourth-order valence-corrected chi connectivity index (χ4v) is 3.81. The van der Waals surface area contributed by atoms with Crippen molar-refractivity contribution in [2.24, 2.45) is 17.8 Å². The van der Waals surface area contributed by atoms with Crippen molar-refractivity contribution in [3.05, 3.63) is 0 Å². The summed E-state index contributed by atoms with van der Waals surface area (Å²) in [4.78, 5) is 14.7. The van der Waals surface area contributed by atoms with Crippen molar-refractivity contribution >= 4 is 5.91 Å². The van der Waals surface area contributed by atoms with Crippen molar-refractivity contribution in [2.45, 2.75) is 45.1 Å². The summed E-state index contributed by atoms with van der Waals surface area (Å²) in [6, 6.07) is 0. The lowest BCUT2D eigenvalue weighted by Crippen LogP contribution is -2.56. The molecule has 1 saturated heterocycles. The highest BCUT2D eigenvalue weighted by molar-refractivity contribution is 5.83. The van der Waals surface area contributed by atoms with Crippen LogP contribution in [0.3, 0.4) is 0 Å². The average Bonchev–Trinajstić information content (AvgIpc) is 3.01. The molecule has 0 aromatic rings. The standard InChI is InChI=1S/C14H23NO2/c1-14(2)9-17-8-7-15(14)13(16)12-10-5-3-4-6-11(10)12/h10-12H,3-9H2,1-2H3/t10-,11-/m1/s1. The van der Waals surface area contributed by atoms with E-state index >= 15 is 0 Å². The van der Waals surface area contributed by atoms with E-state index < -0.39 is 0 Å². The van der Waals surface area contributed by atoms with Crippen LogP contribution < -0.4 is 0 Å².